The highest BCUT2D eigenvalue weighted by molar-refractivity contribution is 6.04. The van der Waals surface area contributed by atoms with E-state index in [1.807, 2.05) is 74.5 Å². The van der Waals surface area contributed by atoms with Gasteiger partial charge in [-0.15, -0.1) is 0 Å². The third-order valence-electron chi connectivity index (χ3n) is 5.96. The second-order valence-corrected chi connectivity index (χ2v) is 8.44. The van der Waals surface area contributed by atoms with Gasteiger partial charge in [-0.25, -0.2) is 4.79 Å². The molecular weight excluding hydrogens is 412 g/mol. The third-order valence-corrected chi connectivity index (χ3v) is 5.96. The molecule has 1 fully saturated rings. The lowest BCUT2D eigenvalue weighted by Crippen LogP contribution is -2.28. The maximum atomic E-state index is 13.1. The van der Waals surface area contributed by atoms with Crippen molar-refractivity contribution in [1.29, 1.82) is 0 Å². The van der Waals surface area contributed by atoms with Crippen molar-refractivity contribution in [2.24, 2.45) is 0 Å². The highest BCUT2D eigenvalue weighted by Gasteiger charge is 2.20. The van der Waals surface area contributed by atoms with E-state index >= 15 is 0 Å². The van der Waals surface area contributed by atoms with Crippen LogP contribution in [0.5, 0.6) is 0 Å². The summed E-state index contributed by atoms with van der Waals surface area (Å²) in [6, 6.07) is 20.9. The van der Waals surface area contributed by atoms with Crippen LogP contribution in [0.3, 0.4) is 0 Å². The van der Waals surface area contributed by atoms with Crippen LogP contribution in [0.4, 0.5) is 21.9 Å². The van der Waals surface area contributed by atoms with E-state index in [9.17, 15) is 9.59 Å². The van der Waals surface area contributed by atoms with Gasteiger partial charge in [-0.05, 0) is 61.6 Å². The van der Waals surface area contributed by atoms with Gasteiger partial charge in [-0.1, -0.05) is 48.5 Å². The van der Waals surface area contributed by atoms with Crippen molar-refractivity contribution < 1.29 is 9.59 Å². The lowest BCUT2D eigenvalue weighted by atomic mass is 10.1. The molecule has 170 valence electrons. The zero-order valence-corrected chi connectivity index (χ0v) is 19.2. The van der Waals surface area contributed by atoms with E-state index in [4.69, 9.17) is 0 Å². The standard InChI is InChI=1S/C27H30N4O2/c1-19-9-8-10-20(2)25(19)30-27(33)29-22-13-14-24(31-15-6-7-16-31)23(17-22)26(32)28-18-21-11-4-3-5-12-21/h3-5,8-14,17H,6-7,15-16,18H2,1-2H3,(H,28,32)(H2,29,30,33). The number of hydrogen-bond acceptors (Lipinski definition) is 3. The Kier molecular flexibility index (Phi) is 6.93. The van der Waals surface area contributed by atoms with Gasteiger partial charge < -0.3 is 20.9 Å². The molecule has 0 bridgehead atoms. The fraction of sp³-hybridized carbons (Fsp3) is 0.259. The molecule has 0 unspecified atom stereocenters. The summed E-state index contributed by atoms with van der Waals surface area (Å²) in [4.78, 5) is 28.1. The number of rotatable bonds is 6. The molecule has 1 heterocycles. The molecule has 4 rings (SSSR count). The van der Waals surface area contributed by atoms with Crippen LogP contribution in [0.1, 0.15) is 39.9 Å². The highest BCUT2D eigenvalue weighted by Crippen LogP contribution is 2.28. The number of benzene rings is 3. The number of nitrogens with zero attached hydrogens (tertiary/aromatic N) is 1. The quantitative estimate of drug-likeness (QED) is 0.473. The van der Waals surface area contributed by atoms with Crippen molar-refractivity contribution in [2.45, 2.75) is 33.2 Å². The van der Waals surface area contributed by atoms with Crippen molar-refractivity contribution in [3.05, 3.63) is 89.0 Å². The number of aryl methyl sites for hydroxylation is 2. The summed E-state index contributed by atoms with van der Waals surface area (Å²) in [6.45, 7) is 6.23. The van der Waals surface area contributed by atoms with Crippen molar-refractivity contribution in [3.8, 4) is 0 Å². The molecule has 1 aliphatic rings. The molecular formula is C27H30N4O2. The smallest absolute Gasteiger partial charge is 0.323 e. The van der Waals surface area contributed by atoms with E-state index < -0.39 is 0 Å². The average Bonchev–Trinajstić information content (AvgIpc) is 3.35. The van der Waals surface area contributed by atoms with Gasteiger partial charge in [0.25, 0.3) is 5.91 Å². The Hall–Kier alpha value is -3.80. The van der Waals surface area contributed by atoms with Gasteiger partial charge in [0.1, 0.15) is 0 Å². The molecule has 1 saturated heterocycles. The van der Waals surface area contributed by atoms with E-state index in [1.165, 1.54) is 0 Å². The molecule has 0 saturated carbocycles. The number of carbonyl (C=O) groups excluding carboxylic acids is 2. The number of urea groups is 1. The average molecular weight is 443 g/mol. The Morgan fingerprint density at radius 3 is 2.24 bits per heavy atom. The fourth-order valence-electron chi connectivity index (χ4n) is 4.19. The summed E-state index contributed by atoms with van der Waals surface area (Å²) in [5.74, 6) is -0.153. The maximum Gasteiger partial charge on any atom is 0.323 e. The van der Waals surface area contributed by atoms with Gasteiger partial charge in [0, 0.05) is 36.7 Å². The van der Waals surface area contributed by atoms with Crippen molar-refractivity contribution >= 4 is 29.0 Å². The van der Waals surface area contributed by atoms with Crippen molar-refractivity contribution in [2.75, 3.05) is 28.6 Å². The van der Waals surface area contributed by atoms with E-state index in [2.05, 4.69) is 20.9 Å². The van der Waals surface area contributed by atoms with Gasteiger partial charge in [0.15, 0.2) is 0 Å². The van der Waals surface area contributed by atoms with Crippen LogP contribution in [0.15, 0.2) is 66.7 Å². The Morgan fingerprint density at radius 2 is 1.55 bits per heavy atom. The zero-order valence-electron chi connectivity index (χ0n) is 19.2. The van der Waals surface area contributed by atoms with Gasteiger partial charge in [-0.3, -0.25) is 4.79 Å². The lowest BCUT2D eigenvalue weighted by molar-refractivity contribution is 0.0951. The minimum atomic E-state index is -0.336. The Bertz CT molecular complexity index is 1120. The third kappa shape index (κ3) is 5.52. The molecule has 33 heavy (non-hydrogen) atoms. The number of nitrogens with one attached hydrogen (secondary N) is 3. The molecule has 3 N–H and O–H groups in total. The maximum absolute atomic E-state index is 13.1. The molecule has 0 spiro atoms. The summed E-state index contributed by atoms with van der Waals surface area (Å²) in [5.41, 5.74) is 5.87. The first-order valence-electron chi connectivity index (χ1n) is 11.4. The van der Waals surface area contributed by atoms with Crippen LogP contribution in [-0.4, -0.2) is 25.0 Å². The first kappa shape index (κ1) is 22.4. The van der Waals surface area contributed by atoms with Gasteiger partial charge in [0.2, 0.25) is 0 Å². The minimum Gasteiger partial charge on any atom is -0.371 e. The molecule has 3 aromatic rings. The largest absolute Gasteiger partial charge is 0.371 e. The number of amides is 3. The van der Waals surface area contributed by atoms with Gasteiger partial charge >= 0.3 is 6.03 Å². The van der Waals surface area contributed by atoms with E-state index in [-0.39, 0.29) is 11.9 Å². The molecule has 0 aromatic heterocycles. The molecule has 3 amide bonds. The molecule has 0 radical (unpaired) electrons. The van der Waals surface area contributed by atoms with Crippen LogP contribution in [0.2, 0.25) is 0 Å². The van der Waals surface area contributed by atoms with E-state index in [1.54, 1.807) is 6.07 Å². The molecule has 0 atom stereocenters. The molecule has 6 nitrogen and oxygen atoms in total. The number of para-hydroxylation sites is 1. The van der Waals surface area contributed by atoms with E-state index in [0.29, 0.717) is 17.8 Å². The lowest BCUT2D eigenvalue weighted by Gasteiger charge is -2.22. The monoisotopic (exact) mass is 442 g/mol. The van der Waals surface area contributed by atoms with Crippen molar-refractivity contribution in [3.63, 3.8) is 0 Å². The summed E-state index contributed by atoms with van der Waals surface area (Å²) in [6.07, 6.45) is 2.23. The highest BCUT2D eigenvalue weighted by atomic mass is 16.2. The fourth-order valence-corrected chi connectivity index (χ4v) is 4.19. The topological polar surface area (TPSA) is 73.5 Å². The predicted molar refractivity (Wildman–Crippen MR) is 134 cm³/mol. The van der Waals surface area contributed by atoms with Crippen molar-refractivity contribution in [1.82, 2.24) is 5.32 Å². The zero-order chi connectivity index (χ0) is 23.2. The molecule has 0 aliphatic carbocycles. The van der Waals surface area contributed by atoms with Crippen LogP contribution in [0.25, 0.3) is 0 Å². The second kappa shape index (κ2) is 10.2. The summed E-state index contributed by atoms with van der Waals surface area (Å²) < 4.78 is 0. The van der Waals surface area contributed by atoms with E-state index in [0.717, 1.165) is 54.0 Å². The van der Waals surface area contributed by atoms with Gasteiger partial charge in [-0.2, -0.15) is 0 Å². The van der Waals surface area contributed by atoms with Crippen LogP contribution < -0.4 is 20.9 Å². The number of hydrogen-bond donors (Lipinski definition) is 3. The molecule has 6 heteroatoms. The Morgan fingerprint density at radius 1 is 0.848 bits per heavy atom. The Balaban J connectivity index is 1.52. The summed E-state index contributed by atoms with van der Waals surface area (Å²) in [7, 11) is 0. The van der Waals surface area contributed by atoms with Crippen LogP contribution in [0, 0.1) is 13.8 Å². The summed E-state index contributed by atoms with van der Waals surface area (Å²) in [5, 5.41) is 8.83. The number of anilines is 3. The Labute approximate surface area is 195 Å². The molecule has 3 aromatic carbocycles. The normalized spacial score (nSPS) is 13.0. The second-order valence-electron chi connectivity index (χ2n) is 8.44. The van der Waals surface area contributed by atoms with Crippen LogP contribution >= 0.6 is 0 Å². The number of carbonyl (C=O) groups is 2. The first-order chi connectivity index (χ1) is 16.0. The predicted octanol–water partition coefficient (Wildman–Crippen LogP) is 5.48. The minimum absolute atomic E-state index is 0.153. The van der Waals surface area contributed by atoms with Gasteiger partial charge in [0.05, 0.1) is 5.56 Å². The summed E-state index contributed by atoms with van der Waals surface area (Å²) >= 11 is 0. The molecule has 1 aliphatic heterocycles. The SMILES string of the molecule is Cc1cccc(C)c1NC(=O)Nc1ccc(N2CCCC2)c(C(=O)NCc2ccccc2)c1. The first-order valence-corrected chi connectivity index (χ1v) is 11.4. The van der Waals surface area contributed by atoms with Crippen LogP contribution in [-0.2, 0) is 6.54 Å².